The van der Waals surface area contributed by atoms with E-state index in [9.17, 15) is 19.8 Å². The summed E-state index contributed by atoms with van der Waals surface area (Å²) in [6.07, 6.45) is 42.7. The van der Waals surface area contributed by atoms with Gasteiger partial charge in [0.15, 0.2) is 0 Å². The molecule has 0 aromatic carbocycles. The molecule has 0 aliphatic rings. The summed E-state index contributed by atoms with van der Waals surface area (Å²) >= 11 is 0. The summed E-state index contributed by atoms with van der Waals surface area (Å²) in [7, 11) is 0. The number of allylic oxidation sites excluding steroid dienone is 2. The van der Waals surface area contributed by atoms with Crippen molar-refractivity contribution in [3.63, 3.8) is 0 Å². The Hall–Kier alpha value is -1.40. The van der Waals surface area contributed by atoms with E-state index < -0.39 is 18.2 Å². The second-order valence-electron chi connectivity index (χ2n) is 15.8. The summed E-state index contributed by atoms with van der Waals surface area (Å²) in [5.74, 6) is -0.495. The van der Waals surface area contributed by atoms with Crippen LogP contribution in [-0.4, -0.2) is 46.9 Å². The first kappa shape index (κ1) is 50.6. The van der Waals surface area contributed by atoms with Crippen molar-refractivity contribution in [2.75, 3.05) is 6.61 Å². The fourth-order valence-electron chi connectivity index (χ4n) is 7.08. The Balaban J connectivity index is 4.60. The SMILES string of the molecule is CCCCCCCCC/C=C\CCCC(CC(=O)NC(CO)C(O)CCCCCCCCCCCCC)OC(=O)CCCCCCCCCCCC. The second-order valence-corrected chi connectivity index (χ2v) is 15.8. The fraction of sp³-hybridized carbons (Fsp3) is 0.913. The zero-order valence-electron chi connectivity index (χ0n) is 35.0. The Labute approximate surface area is 323 Å². The maximum atomic E-state index is 13.1. The third kappa shape index (κ3) is 35.6. The maximum Gasteiger partial charge on any atom is 0.306 e. The van der Waals surface area contributed by atoms with Crippen molar-refractivity contribution in [2.24, 2.45) is 0 Å². The van der Waals surface area contributed by atoms with Crippen LogP contribution in [0.5, 0.6) is 0 Å². The van der Waals surface area contributed by atoms with Crippen LogP contribution in [0, 0.1) is 0 Å². The Kier molecular flexibility index (Phi) is 39.7. The lowest BCUT2D eigenvalue weighted by molar-refractivity contribution is -0.151. The number of aliphatic hydroxyl groups excluding tert-OH is 2. The number of esters is 1. The number of hydrogen-bond donors (Lipinski definition) is 3. The number of unbranched alkanes of at least 4 members (excludes halogenated alkanes) is 27. The van der Waals surface area contributed by atoms with Crippen LogP contribution in [0.3, 0.4) is 0 Å². The van der Waals surface area contributed by atoms with Gasteiger partial charge in [-0.3, -0.25) is 9.59 Å². The second kappa shape index (κ2) is 40.8. The van der Waals surface area contributed by atoms with E-state index in [1.807, 2.05) is 0 Å². The zero-order valence-corrected chi connectivity index (χ0v) is 35.0. The van der Waals surface area contributed by atoms with Crippen LogP contribution < -0.4 is 5.32 Å². The molecule has 0 spiro atoms. The van der Waals surface area contributed by atoms with Crippen LogP contribution in [0.1, 0.15) is 245 Å². The molecule has 0 radical (unpaired) electrons. The number of aliphatic hydroxyl groups is 2. The highest BCUT2D eigenvalue weighted by molar-refractivity contribution is 5.77. The summed E-state index contributed by atoms with van der Waals surface area (Å²) < 4.78 is 5.87. The lowest BCUT2D eigenvalue weighted by atomic mass is 10.0. The molecule has 3 N–H and O–H groups in total. The van der Waals surface area contributed by atoms with E-state index in [0.29, 0.717) is 19.3 Å². The van der Waals surface area contributed by atoms with Gasteiger partial charge in [0.2, 0.25) is 5.91 Å². The average molecular weight is 736 g/mol. The Morgan fingerprint density at radius 2 is 0.942 bits per heavy atom. The van der Waals surface area contributed by atoms with Crippen molar-refractivity contribution in [1.82, 2.24) is 5.32 Å². The first-order valence-corrected chi connectivity index (χ1v) is 22.9. The van der Waals surface area contributed by atoms with Crippen LogP contribution >= 0.6 is 0 Å². The summed E-state index contributed by atoms with van der Waals surface area (Å²) in [5.41, 5.74) is 0. The normalized spacial score (nSPS) is 13.4. The van der Waals surface area contributed by atoms with Crippen molar-refractivity contribution in [3.8, 4) is 0 Å². The maximum absolute atomic E-state index is 13.1. The molecule has 1 amide bonds. The number of hydrogen-bond acceptors (Lipinski definition) is 5. The zero-order chi connectivity index (χ0) is 38.2. The molecule has 3 unspecified atom stereocenters. The van der Waals surface area contributed by atoms with Gasteiger partial charge in [-0.15, -0.1) is 0 Å². The fourth-order valence-corrected chi connectivity index (χ4v) is 7.08. The van der Waals surface area contributed by atoms with Crippen LogP contribution in [0.4, 0.5) is 0 Å². The van der Waals surface area contributed by atoms with Gasteiger partial charge in [0.1, 0.15) is 6.10 Å². The lowest BCUT2D eigenvalue weighted by Crippen LogP contribution is -2.46. The highest BCUT2D eigenvalue weighted by atomic mass is 16.5. The topological polar surface area (TPSA) is 95.9 Å². The summed E-state index contributed by atoms with van der Waals surface area (Å²) in [5, 5.41) is 23.6. The summed E-state index contributed by atoms with van der Waals surface area (Å²) in [6, 6.07) is -0.701. The van der Waals surface area contributed by atoms with Crippen LogP contribution in [0.2, 0.25) is 0 Å². The molecule has 0 saturated carbocycles. The smallest absolute Gasteiger partial charge is 0.306 e. The first-order chi connectivity index (χ1) is 25.5. The Morgan fingerprint density at radius 1 is 0.538 bits per heavy atom. The van der Waals surface area contributed by atoms with E-state index in [1.54, 1.807) is 0 Å². The predicted molar refractivity (Wildman–Crippen MR) is 223 cm³/mol. The number of amides is 1. The van der Waals surface area contributed by atoms with E-state index >= 15 is 0 Å². The van der Waals surface area contributed by atoms with E-state index in [-0.39, 0.29) is 24.9 Å². The molecule has 0 bridgehead atoms. The highest BCUT2D eigenvalue weighted by Gasteiger charge is 2.24. The molecule has 3 atom stereocenters. The molecule has 0 aromatic rings. The largest absolute Gasteiger partial charge is 0.462 e. The summed E-state index contributed by atoms with van der Waals surface area (Å²) in [4.78, 5) is 25.9. The number of carbonyl (C=O) groups is 2. The third-order valence-corrected chi connectivity index (χ3v) is 10.6. The molecule has 0 heterocycles. The minimum absolute atomic E-state index is 0.0627. The van der Waals surface area contributed by atoms with Crippen molar-refractivity contribution in [1.29, 1.82) is 0 Å². The van der Waals surface area contributed by atoms with Crippen LogP contribution in [-0.2, 0) is 14.3 Å². The number of carbonyl (C=O) groups excluding carboxylic acids is 2. The predicted octanol–water partition coefficient (Wildman–Crippen LogP) is 13.0. The average Bonchev–Trinajstić information content (AvgIpc) is 3.13. The molecular weight excluding hydrogens is 647 g/mol. The van der Waals surface area contributed by atoms with Gasteiger partial charge in [0, 0.05) is 6.42 Å². The van der Waals surface area contributed by atoms with Gasteiger partial charge < -0.3 is 20.3 Å². The van der Waals surface area contributed by atoms with Crippen molar-refractivity contribution in [3.05, 3.63) is 12.2 Å². The van der Waals surface area contributed by atoms with E-state index in [4.69, 9.17) is 4.74 Å². The van der Waals surface area contributed by atoms with E-state index in [1.165, 1.54) is 141 Å². The van der Waals surface area contributed by atoms with Crippen molar-refractivity contribution < 1.29 is 24.5 Å². The molecular formula is C46H89NO5. The third-order valence-electron chi connectivity index (χ3n) is 10.6. The molecule has 308 valence electrons. The van der Waals surface area contributed by atoms with Crippen molar-refractivity contribution >= 4 is 11.9 Å². The first-order valence-electron chi connectivity index (χ1n) is 22.9. The Morgan fingerprint density at radius 3 is 1.40 bits per heavy atom. The Bertz CT molecular complexity index is 787. The van der Waals surface area contributed by atoms with Gasteiger partial charge in [0.05, 0.1) is 25.2 Å². The van der Waals surface area contributed by atoms with E-state index in [0.717, 1.165) is 57.8 Å². The van der Waals surface area contributed by atoms with Gasteiger partial charge in [-0.1, -0.05) is 200 Å². The van der Waals surface area contributed by atoms with Gasteiger partial charge in [0.25, 0.3) is 0 Å². The van der Waals surface area contributed by atoms with Gasteiger partial charge in [-0.25, -0.2) is 0 Å². The number of ether oxygens (including phenoxy) is 1. The van der Waals surface area contributed by atoms with Crippen LogP contribution in [0.25, 0.3) is 0 Å². The van der Waals surface area contributed by atoms with E-state index in [2.05, 4.69) is 38.2 Å². The molecule has 0 aromatic heterocycles. The standard InChI is InChI=1S/C46H89NO5/c1-4-7-10-13-16-19-22-24-25-28-31-34-37-42(52-46(51)39-36-33-30-27-21-18-15-12-9-6-3)40-45(50)47-43(41-48)44(49)38-35-32-29-26-23-20-17-14-11-8-5-2/h25,28,42-44,48-49H,4-24,26-27,29-41H2,1-3H3,(H,47,50)/b28-25-. The molecule has 0 rings (SSSR count). The lowest BCUT2D eigenvalue weighted by Gasteiger charge is -2.24. The highest BCUT2D eigenvalue weighted by Crippen LogP contribution is 2.17. The quantitative estimate of drug-likeness (QED) is 0.0330. The van der Waals surface area contributed by atoms with Crippen molar-refractivity contribution in [2.45, 2.75) is 264 Å². The number of rotatable bonds is 41. The monoisotopic (exact) mass is 736 g/mol. The number of nitrogens with one attached hydrogen (secondary N) is 1. The minimum Gasteiger partial charge on any atom is -0.462 e. The van der Waals surface area contributed by atoms with Gasteiger partial charge in [-0.2, -0.15) is 0 Å². The van der Waals surface area contributed by atoms with Gasteiger partial charge in [-0.05, 0) is 44.9 Å². The summed E-state index contributed by atoms with van der Waals surface area (Å²) in [6.45, 7) is 6.45. The molecule has 6 heteroatoms. The van der Waals surface area contributed by atoms with Crippen LogP contribution in [0.15, 0.2) is 12.2 Å². The molecule has 0 saturated heterocycles. The molecule has 0 aliphatic carbocycles. The molecule has 52 heavy (non-hydrogen) atoms. The molecule has 0 fully saturated rings. The van der Waals surface area contributed by atoms with Gasteiger partial charge >= 0.3 is 5.97 Å². The molecule has 0 aliphatic heterocycles. The minimum atomic E-state index is -0.786. The molecule has 6 nitrogen and oxygen atoms in total.